The zero-order valence-corrected chi connectivity index (χ0v) is 29.6. The Morgan fingerprint density at radius 3 is 1.49 bits per heavy atom. The normalized spacial score (nSPS) is 9.31. The summed E-state index contributed by atoms with van der Waals surface area (Å²) in [6.07, 6.45) is 7.51. The van der Waals surface area contributed by atoms with Crippen molar-refractivity contribution in [2.45, 2.75) is 87.0 Å². The Morgan fingerprint density at radius 2 is 1.04 bits per heavy atom. The molecule has 6 nitrogen and oxygen atoms in total. The van der Waals surface area contributed by atoms with Gasteiger partial charge in [-0.15, -0.1) is 0 Å². The molecule has 4 aromatic rings. The molecule has 0 saturated carbocycles. The van der Waals surface area contributed by atoms with Crippen LogP contribution in [0.15, 0.2) is 77.8 Å². The lowest BCUT2D eigenvalue weighted by Crippen LogP contribution is -1.96. The third-order valence-electron chi connectivity index (χ3n) is 6.58. The molecule has 0 aliphatic carbocycles. The number of rotatable bonds is 9. The fourth-order valence-corrected chi connectivity index (χ4v) is 4.21. The number of anilines is 2. The van der Waals surface area contributed by atoms with Gasteiger partial charge in [-0.05, 0) is 122 Å². The first-order chi connectivity index (χ1) is 21.9. The molecule has 0 radical (unpaired) electrons. The van der Waals surface area contributed by atoms with E-state index in [1.807, 2.05) is 58.0 Å². The fourth-order valence-electron chi connectivity index (χ4n) is 4.21. The van der Waals surface area contributed by atoms with Crippen LogP contribution in [-0.4, -0.2) is 26.9 Å². The standard InChI is InChI=1S/C24H21N3.2C5H13N.2C2H6.CH5N/c1-15-11-19(18-6-10-23(25)24(26)14-18)13-20-12-17(5-9-22(15)20)16-3-7-21(27-2)8-4-16;2*1-2-3-4-5-6;3*1-2/h3-14H,2,25-26H2,1H3;2*2-6H2,1H3;2*1-2H3;2H2,1H3. The summed E-state index contributed by atoms with van der Waals surface area (Å²) in [6.45, 7) is 19.8. The van der Waals surface area contributed by atoms with E-state index >= 15 is 0 Å². The molecule has 0 aromatic heterocycles. The van der Waals surface area contributed by atoms with Crippen molar-refractivity contribution in [2.24, 2.45) is 22.2 Å². The topological polar surface area (TPSA) is 142 Å². The smallest absolute Gasteiger partial charge is 0.0622 e. The van der Waals surface area contributed by atoms with Gasteiger partial charge in [-0.1, -0.05) is 104 Å². The monoisotopic (exact) mass is 617 g/mol. The summed E-state index contributed by atoms with van der Waals surface area (Å²) in [7, 11) is 1.50. The second-order valence-electron chi connectivity index (χ2n) is 9.77. The summed E-state index contributed by atoms with van der Waals surface area (Å²) < 4.78 is 0. The molecule has 4 aromatic carbocycles. The van der Waals surface area contributed by atoms with Crippen molar-refractivity contribution < 1.29 is 0 Å². The Labute approximate surface area is 275 Å². The van der Waals surface area contributed by atoms with Gasteiger partial charge >= 0.3 is 0 Å². The molecule has 0 saturated heterocycles. The van der Waals surface area contributed by atoms with Crippen LogP contribution in [0.2, 0.25) is 0 Å². The molecule has 0 aliphatic rings. The maximum Gasteiger partial charge on any atom is 0.0622 e. The second kappa shape index (κ2) is 27.8. The van der Waals surface area contributed by atoms with Crippen LogP contribution in [0, 0.1) is 6.92 Å². The molecule has 45 heavy (non-hydrogen) atoms. The maximum absolute atomic E-state index is 6.00. The second-order valence-corrected chi connectivity index (χ2v) is 9.77. The number of fused-ring (bicyclic) bond motifs is 1. The van der Waals surface area contributed by atoms with Crippen LogP contribution in [0.25, 0.3) is 33.0 Å². The van der Waals surface area contributed by atoms with Crippen LogP contribution < -0.4 is 28.7 Å². The van der Waals surface area contributed by atoms with Crippen molar-refractivity contribution in [3.63, 3.8) is 0 Å². The van der Waals surface area contributed by atoms with Crippen molar-refractivity contribution in [1.29, 1.82) is 0 Å². The average molecular weight is 617 g/mol. The Bertz CT molecular complexity index is 1280. The van der Waals surface area contributed by atoms with Gasteiger partial charge in [0.25, 0.3) is 0 Å². The Morgan fingerprint density at radius 1 is 0.578 bits per heavy atom. The molecule has 0 unspecified atom stereocenters. The highest BCUT2D eigenvalue weighted by atomic mass is 14.7. The lowest BCUT2D eigenvalue weighted by Gasteiger charge is -2.11. The molecule has 0 atom stereocenters. The van der Waals surface area contributed by atoms with Gasteiger partial charge < -0.3 is 28.7 Å². The SMILES string of the molecule is C=Nc1ccc(-c2ccc3c(C)cc(-c4ccc(N)c(N)c4)cc3c2)cc1.CC.CC.CCCCCN.CCCCCN.CN. The highest BCUT2D eigenvalue weighted by Gasteiger charge is 2.07. The minimum absolute atomic E-state index is 0.606. The molecular weight excluding hydrogens is 552 g/mol. The summed E-state index contributed by atoms with van der Waals surface area (Å²) in [5.41, 5.74) is 34.6. The van der Waals surface area contributed by atoms with Gasteiger partial charge in [0.2, 0.25) is 0 Å². The van der Waals surface area contributed by atoms with Gasteiger partial charge in [-0.25, -0.2) is 0 Å². The van der Waals surface area contributed by atoms with Crippen LogP contribution in [-0.2, 0) is 0 Å². The molecule has 10 N–H and O–H groups in total. The molecule has 0 bridgehead atoms. The molecule has 0 spiro atoms. The predicted octanol–water partition coefficient (Wildman–Crippen LogP) is 9.88. The van der Waals surface area contributed by atoms with E-state index in [4.69, 9.17) is 22.9 Å². The van der Waals surface area contributed by atoms with Gasteiger partial charge in [-0.2, -0.15) is 0 Å². The summed E-state index contributed by atoms with van der Waals surface area (Å²) >= 11 is 0. The lowest BCUT2D eigenvalue weighted by atomic mass is 9.94. The molecule has 0 fully saturated rings. The zero-order valence-electron chi connectivity index (χ0n) is 29.6. The summed E-state index contributed by atoms with van der Waals surface area (Å²) in [5, 5.41) is 2.44. The van der Waals surface area contributed by atoms with Crippen LogP contribution in [0.5, 0.6) is 0 Å². The van der Waals surface area contributed by atoms with Gasteiger partial charge in [0.15, 0.2) is 0 Å². The molecule has 0 heterocycles. The van der Waals surface area contributed by atoms with Gasteiger partial charge in [0.05, 0.1) is 17.1 Å². The van der Waals surface area contributed by atoms with Crippen LogP contribution in [0.1, 0.15) is 85.6 Å². The third kappa shape index (κ3) is 16.3. The minimum atomic E-state index is 0.606. The Kier molecular flexibility index (Phi) is 26.8. The van der Waals surface area contributed by atoms with E-state index in [-0.39, 0.29) is 0 Å². The van der Waals surface area contributed by atoms with E-state index < -0.39 is 0 Å². The van der Waals surface area contributed by atoms with Crippen molar-refractivity contribution in [3.05, 3.63) is 78.4 Å². The van der Waals surface area contributed by atoms with Gasteiger partial charge in [0, 0.05) is 0 Å². The fraction of sp³-hybridized carbons (Fsp3) is 0.410. The number of unbranched alkanes of at least 4 members (excludes halogenated alkanes) is 4. The number of aliphatic imine (C=N–C) groups is 1. The van der Waals surface area contributed by atoms with Crippen molar-refractivity contribution in [1.82, 2.24) is 0 Å². The minimum Gasteiger partial charge on any atom is -0.397 e. The van der Waals surface area contributed by atoms with Crippen LogP contribution in [0.3, 0.4) is 0 Å². The van der Waals surface area contributed by atoms with E-state index in [9.17, 15) is 0 Å². The number of nitrogens with two attached hydrogens (primary N) is 5. The number of nitrogens with zero attached hydrogens (tertiary/aromatic N) is 1. The predicted molar refractivity (Wildman–Crippen MR) is 208 cm³/mol. The summed E-state index contributed by atoms with van der Waals surface area (Å²) in [4.78, 5) is 3.96. The number of benzene rings is 4. The molecule has 4 rings (SSSR count). The van der Waals surface area contributed by atoms with Crippen LogP contribution >= 0.6 is 0 Å². The molecule has 250 valence electrons. The van der Waals surface area contributed by atoms with E-state index in [1.54, 1.807) is 0 Å². The first-order valence-electron chi connectivity index (χ1n) is 16.6. The van der Waals surface area contributed by atoms with Gasteiger partial charge in [-0.3, -0.25) is 4.99 Å². The van der Waals surface area contributed by atoms with Gasteiger partial charge in [0.1, 0.15) is 0 Å². The lowest BCUT2D eigenvalue weighted by molar-refractivity contribution is 0.727. The average Bonchev–Trinajstić information content (AvgIpc) is 3.10. The maximum atomic E-state index is 6.00. The van der Waals surface area contributed by atoms with E-state index in [0.717, 1.165) is 35.5 Å². The van der Waals surface area contributed by atoms with Crippen molar-refractivity contribution in [3.8, 4) is 22.3 Å². The summed E-state index contributed by atoms with van der Waals surface area (Å²) in [5.74, 6) is 0. The molecular formula is C39H64N6. The Balaban J connectivity index is 0. The zero-order chi connectivity index (χ0) is 34.6. The summed E-state index contributed by atoms with van der Waals surface area (Å²) in [6, 6.07) is 24.9. The first kappa shape index (κ1) is 43.4. The molecule has 6 heteroatoms. The highest BCUT2D eigenvalue weighted by molar-refractivity contribution is 5.93. The molecule has 0 aliphatic heterocycles. The van der Waals surface area contributed by atoms with Crippen molar-refractivity contribution in [2.75, 3.05) is 31.6 Å². The number of hydrogen-bond acceptors (Lipinski definition) is 6. The van der Waals surface area contributed by atoms with Crippen LogP contribution in [0.4, 0.5) is 17.1 Å². The highest BCUT2D eigenvalue weighted by Crippen LogP contribution is 2.33. The van der Waals surface area contributed by atoms with Crippen molar-refractivity contribution >= 4 is 34.6 Å². The number of nitrogen functional groups attached to an aromatic ring is 2. The van der Waals surface area contributed by atoms with E-state index in [0.29, 0.717) is 11.4 Å². The number of aryl methyl sites for hydroxylation is 1. The molecule has 0 amide bonds. The first-order valence-corrected chi connectivity index (χ1v) is 16.6. The third-order valence-corrected chi connectivity index (χ3v) is 6.58. The van der Waals surface area contributed by atoms with E-state index in [2.05, 4.69) is 80.7 Å². The quantitative estimate of drug-likeness (QED) is 0.0722. The number of hydrogen-bond donors (Lipinski definition) is 5. The van der Waals surface area contributed by atoms with E-state index in [1.165, 1.54) is 67.5 Å². The Hall–Kier alpha value is -3.71. The largest absolute Gasteiger partial charge is 0.397 e.